The quantitative estimate of drug-likeness (QED) is 0.728. The molecule has 0 fully saturated rings. The van der Waals surface area contributed by atoms with Crippen LogP contribution in [0.3, 0.4) is 0 Å². The first-order valence-electron chi connectivity index (χ1n) is 4.54. The molecule has 0 aliphatic carbocycles. The molecule has 0 atom stereocenters. The van der Waals surface area contributed by atoms with Crippen LogP contribution in [0.15, 0.2) is 10.9 Å². The lowest BCUT2D eigenvalue weighted by Gasteiger charge is -2.06. The summed E-state index contributed by atoms with van der Waals surface area (Å²) in [6.45, 7) is 5.90. The molecule has 2 rings (SSSR count). The van der Waals surface area contributed by atoms with Gasteiger partial charge in [-0.1, -0.05) is 13.8 Å². The molecule has 0 bridgehead atoms. The Morgan fingerprint density at radius 2 is 2.21 bits per heavy atom. The Kier molecular flexibility index (Phi) is 1.87. The third-order valence-corrected chi connectivity index (χ3v) is 2.07. The molecule has 0 amide bonds. The summed E-state index contributed by atoms with van der Waals surface area (Å²) in [7, 11) is 0. The molecule has 2 aromatic heterocycles. The summed E-state index contributed by atoms with van der Waals surface area (Å²) >= 11 is 0. The van der Waals surface area contributed by atoms with Crippen LogP contribution in [-0.2, 0) is 0 Å². The molecule has 2 aromatic rings. The molecule has 5 heteroatoms. The molecule has 0 aromatic carbocycles. The maximum absolute atomic E-state index is 11.4. The first kappa shape index (κ1) is 8.93. The van der Waals surface area contributed by atoms with Crippen LogP contribution in [-0.4, -0.2) is 19.6 Å². The highest BCUT2D eigenvalue weighted by molar-refractivity contribution is 5.38. The molecule has 0 aliphatic rings. The van der Waals surface area contributed by atoms with Gasteiger partial charge in [0.15, 0.2) is 5.65 Å². The van der Waals surface area contributed by atoms with Gasteiger partial charge in [-0.2, -0.15) is 5.10 Å². The van der Waals surface area contributed by atoms with E-state index in [1.54, 1.807) is 6.07 Å². The van der Waals surface area contributed by atoms with Crippen molar-refractivity contribution in [3.63, 3.8) is 0 Å². The molecular weight excluding hydrogens is 180 g/mol. The second kappa shape index (κ2) is 2.94. The molecular formula is C9H12N4O. The zero-order valence-corrected chi connectivity index (χ0v) is 8.40. The third kappa shape index (κ3) is 1.21. The first-order valence-corrected chi connectivity index (χ1v) is 4.54. The van der Waals surface area contributed by atoms with Gasteiger partial charge in [0.1, 0.15) is 5.82 Å². The monoisotopic (exact) mass is 192 g/mol. The van der Waals surface area contributed by atoms with Crippen molar-refractivity contribution in [1.82, 2.24) is 19.6 Å². The van der Waals surface area contributed by atoms with Crippen LogP contribution >= 0.6 is 0 Å². The van der Waals surface area contributed by atoms with Crippen LogP contribution < -0.4 is 5.69 Å². The van der Waals surface area contributed by atoms with Gasteiger partial charge in [0.25, 0.3) is 0 Å². The second-order valence-electron chi connectivity index (χ2n) is 3.63. The molecule has 5 nitrogen and oxygen atoms in total. The van der Waals surface area contributed by atoms with Crippen molar-refractivity contribution in [1.29, 1.82) is 0 Å². The minimum Gasteiger partial charge on any atom is -0.246 e. The SMILES string of the molecule is Cc1cc2n[nH]c(=O)n2c(C(C)C)n1. The Morgan fingerprint density at radius 1 is 1.50 bits per heavy atom. The van der Waals surface area contributed by atoms with E-state index in [9.17, 15) is 4.79 Å². The lowest BCUT2D eigenvalue weighted by atomic mass is 10.2. The molecule has 74 valence electrons. The van der Waals surface area contributed by atoms with Crippen LogP contribution in [0.4, 0.5) is 0 Å². The number of aromatic amines is 1. The number of aromatic nitrogens is 4. The summed E-state index contributed by atoms with van der Waals surface area (Å²) in [6.07, 6.45) is 0. The zero-order valence-electron chi connectivity index (χ0n) is 8.40. The maximum atomic E-state index is 11.4. The van der Waals surface area contributed by atoms with Crippen LogP contribution in [0.25, 0.3) is 5.65 Å². The van der Waals surface area contributed by atoms with Gasteiger partial charge in [-0.3, -0.25) is 0 Å². The van der Waals surface area contributed by atoms with E-state index in [4.69, 9.17) is 0 Å². The van der Waals surface area contributed by atoms with Gasteiger partial charge in [-0.25, -0.2) is 19.3 Å². The van der Waals surface area contributed by atoms with Crippen molar-refractivity contribution in [3.05, 3.63) is 28.1 Å². The molecule has 0 saturated carbocycles. The van der Waals surface area contributed by atoms with Crippen molar-refractivity contribution in [2.45, 2.75) is 26.7 Å². The number of hydrogen-bond acceptors (Lipinski definition) is 3. The summed E-state index contributed by atoms with van der Waals surface area (Å²) < 4.78 is 1.51. The van der Waals surface area contributed by atoms with Crippen molar-refractivity contribution in [3.8, 4) is 0 Å². The Labute approximate surface area is 80.8 Å². The zero-order chi connectivity index (χ0) is 10.3. The number of aryl methyl sites for hydroxylation is 1. The average Bonchev–Trinajstić information content (AvgIpc) is 2.46. The van der Waals surface area contributed by atoms with Crippen molar-refractivity contribution >= 4 is 5.65 Å². The van der Waals surface area contributed by atoms with Crippen LogP contribution in [0.5, 0.6) is 0 Å². The van der Waals surface area contributed by atoms with Gasteiger partial charge >= 0.3 is 5.69 Å². The Bertz CT molecular complexity index is 523. The average molecular weight is 192 g/mol. The number of hydrogen-bond donors (Lipinski definition) is 1. The minimum absolute atomic E-state index is 0.202. The molecule has 0 saturated heterocycles. The smallest absolute Gasteiger partial charge is 0.246 e. The highest BCUT2D eigenvalue weighted by Crippen LogP contribution is 2.12. The Balaban J connectivity index is 2.91. The van der Waals surface area contributed by atoms with Crippen molar-refractivity contribution < 1.29 is 0 Å². The fourth-order valence-electron chi connectivity index (χ4n) is 1.46. The number of fused-ring (bicyclic) bond motifs is 1. The highest BCUT2D eigenvalue weighted by Gasteiger charge is 2.10. The topological polar surface area (TPSA) is 63.0 Å². The van der Waals surface area contributed by atoms with Crippen molar-refractivity contribution in [2.24, 2.45) is 0 Å². The summed E-state index contributed by atoms with van der Waals surface area (Å²) in [5.41, 5.74) is 1.28. The van der Waals surface area contributed by atoms with E-state index in [2.05, 4.69) is 15.2 Å². The van der Waals surface area contributed by atoms with E-state index >= 15 is 0 Å². The molecule has 0 unspecified atom stereocenters. The van der Waals surface area contributed by atoms with Crippen LogP contribution in [0.1, 0.15) is 31.3 Å². The van der Waals surface area contributed by atoms with E-state index in [1.807, 2.05) is 20.8 Å². The molecule has 14 heavy (non-hydrogen) atoms. The van der Waals surface area contributed by atoms with E-state index in [-0.39, 0.29) is 11.6 Å². The lowest BCUT2D eigenvalue weighted by molar-refractivity contribution is 0.734. The predicted octanol–water partition coefficient (Wildman–Crippen LogP) is 0.849. The maximum Gasteiger partial charge on any atom is 0.349 e. The lowest BCUT2D eigenvalue weighted by Crippen LogP contribution is -2.16. The highest BCUT2D eigenvalue weighted by atomic mass is 16.1. The standard InChI is InChI=1S/C9H12N4O/c1-5(2)8-10-6(3)4-7-11-12-9(14)13(7)8/h4-5H,1-3H3,(H,12,14). The number of rotatable bonds is 1. The van der Waals surface area contributed by atoms with Gasteiger partial charge in [-0.05, 0) is 6.92 Å². The van der Waals surface area contributed by atoms with Gasteiger partial charge in [0.05, 0.1) is 0 Å². The van der Waals surface area contributed by atoms with Crippen LogP contribution in [0.2, 0.25) is 0 Å². The summed E-state index contributed by atoms with van der Waals surface area (Å²) in [4.78, 5) is 15.8. The number of H-pyrrole nitrogens is 1. The summed E-state index contributed by atoms with van der Waals surface area (Å²) in [5, 5.41) is 6.32. The third-order valence-electron chi connectivity index (χ3n) is 2.07. The summed E-state index contributed by atoms with van der Waals surface area (Å²) in [6, 6.07) is 1.78. The molecule has 2 heterocycles. The van der Waals surface area contributed by atoms with E-state index in [0.29, 0.717) is 5.65 Å². The molecule has 1 N–H and O–H groups in total. The number of nitrogens with one attached hydrogen (secondary N) is 1. The van der Waals surface area contributed by atoms with E-state index < -0.39 is 0 Å². The molecule has 0 spiro atoms. The number of nitrogens with zero attached hydrogens (tertiary/aromatic N) is 3. The van der Waals surface area contributed by atoms with Gasteiger partial charge in [-0.15, -0.1) is 0 Å². The van der Waals surface area contributed by atoms with Crippen molar-refractivity contribution in [2.75, 3.05) is 0 Å². The van der Waals surface area contributed by atoms with E-state index in [0.717, 1.165) is 11.5 Å². The van der Waals surface area contributed by atoms with E-state index in [1.165, 1.54) is 4.40 Å². The van der Waals surface area contributed by atoms with Gasteiger partial charge in [0.2, 0.25) is 0 Å². The fourth-order valence-corrected chi connectivity index (χ4v) is 1.46. The fraction of sp³-hybridized carbons (Fsp3) is 0.444. The Hall–Kier alpha value is -1.65. The Morgan fingerprint density at radius 3 is 2.86 bits per heavy atom. The predicted molar refractivity (Wildman–Crippen MR) is 52.4 cm³/mol. The molecule has 0 aliphatic heterocycles. The van der Waals surface area contributed by atoms with Gasteiger partial charge < -0.3 is 0 Å². The van der Waals surface area contributed by atoms with Gasteiger partial charge in [0, 0.05) is 17.7 Å². The van der Waals surface area contributed by atoms with Crippen LogP contribution in [0, 0.1) is 6.92 Å². The minimum atomic E-state index is -0.226. The largest absolute Gasteiger partial charge is 0.349 e. The second-order valence-corrected chi connectivity index (χ2v) is 3.63. The first-order chi connectivity index (χ1) is 6.59. The normalized spacial score (nSPS) is 11.4. The molecule has 0 radical (unpaired) electrons. The summed E-state index contributed by atoms with van der Waals surface area (Å²) in [5.74, 6) is 0.950.